The van der Waals surface area contributed by atoms with Crippen molar-refractivity contribution in [2.45, 2.75) is 255 Å². The van der Waals surface area contributed by atoms with Crippen LogP contribution in [-0.4, -0.2) is 110 Å². The molecule has 9 atom stereocenters. The average molecular weight is 776 g/mol. The van der Waals surface area contributed by atoms with E-state index in [1.54, 1.807) is 0 Å². The topological polar surface area (TPSA) is 189 Å². The summed E-state index contributed by atoms with van der Waals surface area (Å²) >= 11 is 0. The fraction of sp³-hybridized carbons (Fsp3) is 0.977. The number of nitrogens with one attached hydrogen (secondary N) is 1. The van der Waals surface area contributed by atoms with Gasteiger partial charge in [-0.05, 0) is 12.8 Å². The van der Waals surface area contributed by atoms with E-state index >= 15 is 0 Å². The molecule has 0 aliphatic carbocycles. The Labute approximate surface area is 329 Å². The summed E-state index contributed by atoms with van der Waals surface area (Å²) in [6.07, 6.45) is 22.9. The van der Waals surface area contributed by atoms with Crippen LogP contribution < -0.4 is 5.32 Å². The molecule has 322 valence electrons. The minimum atomic E-state index is -1.65. The van der Waals surface area contributed by atoms with Crippen LogP contribution in [0.4, 0.5) is 0 Å². The quantitative estimate of drug-likeness (QED) is 0.0315. The van der Waals surface area contributed by atoms with Gasteiger partial charge >= 0.3 is 0 Å². The van der Waals surface area contributed by atoms with E-state index in [4.69, 9.17) is 9.47 Å². The zero-order valence-corrected chi connectivity index (χ0v) is 34.5. The van der Waals surface area contributed by atoms with E-state index in [1.165, 1.54) is 128 Å². The molecule has 0 saturated carbocycles. The Kier molecular flexibility index (Phi) is 32.4. The summed E-state index contributed by atoms with van der Waals surface area (Å²) in [6.45, 7) is 3.24. The summed E-state index contributed by atoms with van der Waals surface area (Å²) in [5.41, 5.74) is 0. The van der Waals surface area contributed by atoms with Crippen LogP contribution in [0.3, 0.4) is 0 Å². The lowest BCUT2D eigenvalue weighted by molar-refractivity contribution is -0.303. The summed E-state index contributed by atoms with van der Waals surface area (Å²) in [6, 6.07) is -1.16. The fourth-order valence-electron chi connectivity index (χ4n) is 7.38. The Hall–Kier alpha value is -0.890. The summed E-state index contributed by atoms with van der Waals surface area (Å²) in [4.78, 5) is 12.9. The summed E-state index contributed by atoms with van der Waals surface area (Å²) < 4.78 is 11.0. The van der Waals surface area contributed by atoms with Crippen LogP contribution >= 0.6 is 0 Å². The molecule has 0 aromatic heterocycles. The van der Waals surface area contributed by atoms with Crippen LogP contribution in [0.15, 0.2) is 0 Å². The largest absolute Gasteiger partial charge is 0.394 e. The Morgan fingerprint density at radius 1 is 0.574 bits per heavy atom. The molecule has 1 aliphatic heterocycles. The van der Waals surface area contributed by atoms with Gasteiger partial charge in [0, 0.05) is 0 Å². The van der Waals surface area contributed by atoms with Crippen molar-refractivity contribution in [3.05, 3.63) is 0 Å². The lowest BCUT2D eigenvalue weighted by Crippen LogP contribution is -2.60. The molecule has 1 aliphatic rings. The number of ether oxygens (including phenoxy) is 2. The molecule has 8 N–H and O–H groups in total. The molecular formula is C43H85NO10. The van der Waals surface area contributed by atoms with Gasteiger partial charge in [-0.25, -0.2) is 0 Å². The zero-order valence-electron chi connectivity index (χ0n) is 34.5. The number of unbranched alkanes of at least 4 members (excludes halogenated alkanes) is 25. The van der Waals surface area contributed by atoms with Crippen LogP contribution in [0.25, 0.3) is 0 Å². The molecule has 0 spiro atoms. The molecule has 0 aromatic carbocycles. The van der Waals surface area contributed by atoms with Crippen LogP contribution in [0.2, 0.25) is 0 Å². The third-order valence-corrected chi connectivity index (χ3v) is 11.2. The molecule has 1 amide bonds. The molecule has 9 unspecified atom stereocenters. The van der Waals surface area contributed by atoms with Gasteiger partial charge in [0.05, 0.1) is 25.4 Å². The van der Waals surface area contributed by atoms with Crippen molar-refractivity contribution < 1.29 is 50.0 Å². The smallest absolute Gasteiger partial charge is 0.249 e. The Bertz CT molecular complexity index is 851. The van der Waals surface area contributed by atoms with Gasteiger partial charge in [0.2, 0.25) is 5.91 Å². The maximum Gasteiger partial charge on any atom is 0.249 e. The van der Waals surface area contributed by atoms with Crippen LogP contribution in [0.5, 0.6) is 0 Å². The second-order valence-corrected chi connectivity index (χ2v) is 16.1. The molecule has 1 heterocycles. The normalized spacial score (nSPS) is 22.6. The number of hydrogen-bond acceptors (Lipinski definition) is 10. The zero-order chi connectivity index (χ0) is 39.8. The monoisotopic (exact) mass is 776 g/mol. The first kappa shape index (κ1) is 51.1. The highest BCUT2D eigenvalue weighted by atomic mass is 16.7. The number of amides is 1. The number of carbonyl (C=O) groups excluding carboxylic acids is 1. The molecule has 54 heavy (non-hydrogen) atoms. The highest BCUT2D eigenvalue weighted by molar-refractivity contribution is 5.80. The molecule has 0 radical (unpaired) electrons. The van der Waals surface area contributed by atoms with Gasteiger partial charge in [0.25, 0.3) is 0 Å². The van der Waals surface area contributed by atoms with Crippen molar-refractivity contribution in [2.24, 2.45) is 0 Å². The second kappa shape index (κ2) is 34.2. The number of aliphatic hydroxyl groups is 7. The number of hydrogen-bond donors (Lipinski definition) is 8. The minimum absolute atomic E-state index is 0.264. The first-order chi connectivity index (χ1) is 26.2. The average Bonchev–Trinajstić information content (AvgIpc) is 3.17. The van der Waals surface area contributed by atoms with Crippen LogP contribution in [-0.2, 0) is 14.3 Å². The van der Waals surface area contributed by atoms with E-state index in [1.807, 2.05) is 6.92 Å². The van der Waals surface area contributed by atoms with E-state index in [0.717, 1.165) is 32.1 Å². The van der Waals surface area contributed by atoms with Crippen molar-refractivity contribution in [3.63, 3.8) is 0 Å². The first-order valence-corrected chi connectivity index (χ1v) is 22.4. The van der Waals surface area contributed by atoms with Crippen molar-refractivity contribution >= 4 is 5.91 Å². The van der Waals surface area contributed by atoms with Gasteiger partial charge in [-0.2, -0.15) is 0 Å². The van der Waals surface area contributed by atoms with Crippen LogP contribution in [0.1, 0.15) is 200 Å². The van der Waals surface area contributed by atoms with E-state index in [2.05, 4.69) is 12.2 Å². The highest BCUT2D eigenvalue weighted by Gasteiger charge is 2.44. The summed E-state index contributed by atoms with van der Waals surface area (Å²) in [7, 11) is 0. The Morgan fingerprint density at radius 2 is 0.963 bits per heavy atom. The third kappa shape index (κ3) is 24.0. The fourth-order valence-corrected chi connectivity index (χ4v) is 7.38. The Morgan fingerprint density at radius 3 is 1.39 bits per heavy atom. The first-order valence-electron chi connectivity index (χ1n) is 22.4. The molecule has 0 bridgehead atoms. The van der Waals surface area contributed by atoms with Crippen molar-refractivity contribution in [2.75, 3.05) is 13.2 Å². The lowest BCUT2D eigenvalue weighted by Gasteiger charge is -2.40. The van der Waals surface area contributed by atoms with Gasteiger partial charge < -0.3 is 50.5 Å². The predicted molar refractivity (Wildman–Crippen MR) is 215 cm³/mol. The molecule has 1 fully saturated rings. The van der Waals surface area contributed by atoms with E-state index in [0.29, 0.717) is 19.3 Å². The number of aliphatic hydroxyl groups excluding tert-OH is 7. The molecule has 1 saturated heterocycles. The van der Waals surface area contributed by atoms with E-state index in [-0.39, 0.29) is 6.42 Å². The molecule has 0 aromatic rings. The van der Waals surface area contributed by atoms with Crippen molar-refractivity contribution in [3.8, 4) is 0 Å². The van der Waals surface area contributed by atoms with Gasteiger partial charge in [0.1, 0.15) is 36.6 Å². The molecule has 1 rings (SSSR count). The van der Waals surface area contributed by atoms with Crippen molar-refractivity contribution in [1.29, 1.82) is 0 Å². The highest BCUT2D eigenvalue weighted by Crippen LogP contribution is 2.23. The second-order valence-electron chi connectivity index (χ2n) is 16.1. The van der Waals surface area contributed by atoms with E-state index in [9.17, 15) is 40.5 Å². The van der Waals surface area contributed by atoms with Crippen molar-refractivity contribution in [1.82, 2.24) is 5.32 Å². The van der Waals surface area contributed by atoms with E-state index < -0.39 is 74.2 Å². The summed E-state index contributed by atoms with van der Waals surface area (Å²) in [5.74, 6) is -0.703. The van der Waals surface area contributed by atoms with Gasteiger partial charge in [-0.15, -0.1) is 0 Å². The molecular weight excluding hydrogens is 690 g/mol. The third-order valence-electron chi connectivity index (χ3n) is 11.2. The van der Waals surface area contributed by atoms with Gasteiger partial charge in [0.15, 0.2) is 6.29 Å². The Balaban J connectivity index is 2.18. The SMILES string of the molecule is CCCCCCCCCCCCCCCCCCCCCCCCCCC(O)C(=O)NC(COC1OC(CO)C(O)C(O)C1O)C(O)C(O)CCCCC. The number of carbonyl (C=O) groups is 1. The molecule has 11 heteroatoms. The van der Waals surface area contributed by atoms with Gasteiger partial charge in [-0.3, -0.25) is 4.79 Å². The lowest BCUT2D eigenvalue weighted by atomic mass is 9.98. The van der Waals surface area contributed by atoms with Gasteiger partial charge in [-0.1, -0.05) is 187 Å². The van der Waals surface area contributed by atoms with Crippen LogP contribution in [0, 0.1) is 0 Å². The summed E-state index contributed by atoms with van der Waals surface area (Å²) in [5, 5.41) is 74.6. The standard InChI is InChI=1S/C43H85NO10/c1-3-5-7-8-9-10-11-12-13-14-15-16-17-18-19-20-21-22-23-24-25-26-27-29-31-36(47)42(52)44-34(38(48)35(46)30-28-6-4-2)33-53-43-41(51)40(50)39(49)37(32-45)54-43/h34-41,43,45-51H,3-33H2,1-2H3,(H,44,52). The maximum absolute atomic E-state index is 12.9. The number of rotatable bonds is 37. The minimum Gasteiger partial charge on any atom is -0.394 e. The molecule has 11 nitrogen and oxygen atoms in total. The maximum atomic E-state index is 12.9. The predicted octanol–water partition coefficient (Wildman–Crippen LogP) is 6.72.